The number of benzene rings is 8. The van der Waals surface area contributed by atoms with Gasteiger partial charge in [0.25, 0.3) is 0 Å². The van der Waals surface area contributed by atoms with Crippen LogP contribution in [0.15, 0.2) is 262 Å². The second-order valence-corrected chi connectivity index (χ2v) is 24.4. The highest BCUT2D eigenvalue weighted by molar-refractivity contribution is 7.97. The van der Waals surface area contributed by atoms with Crippen molar-refractivity contribution in [1.82, 2.24) is 0 Å². The molecule has 0 fully saturated rings. The molecule has 81 heavy (non-hydrogen) atoms. The molecule has 1 unspecified atom stereocenters. The summed E-state index contributed by atoms with van der Waals surface area (Å²) in [4.78, 5) is 16.2. The molecule has 0 saturated carbocycles. The summed E-state index contributed by atoms with van der Waals surface area (Å²) in [5, 5.41) is 0.259. The quantitative estimate of drug-likeness (QED) is 0.0985. The predicted octanol–water partition coefficient (Wildman–Crippen LogP) is 20.3. The largest absolute Gasteiger partial charge is 0.357 e. The molecule has 448 valence electrons. The number of ketones is 1. The second-order valence-electron chi connectivity index (χ2n) is 14.9. The first-order chi connectivity index (χ1) is 39.6. The lowest BCUT2D eigenvalue weighted by Crippen LogP contribution is -3.61. The molecule has 0 amide bonds. The fraction of sp³-hybridized carbons (Fsp3) is 0.355. The van der Waals surface area contributed by atoms with Crippen LogP contribution in [0.2, 0.25) is 0 Å². The van der Waals surface area contributed by atoms with E-state index in [2.05, 4.69) is 282 Å². The van der Waals surface area contributed by atoms with Crippen LogP contribution in [0.5, 0.6) is 0 Å². The van der Waals surface area contributed by atoms with Crippen LogP contribution in [0.25, 0.3) is 0 Å². The Balaban J connectivity index is -0.000000203. The highest BCUT2D eigenvalue weighted by Gasteiger charge is 2.20. The maximum Gasteiger partial charge on any atom is 0.357 e. The smallest absolute Gasteiger partial charge is 0.294 e. The molecule has 0 aliphatic heterocycles. The Morgan fingerprint density at radius 2 is 0.506 bits per heavy atom. The number of carbonyl (C=O) groups excluding carboxylic acids is 1. The van der Waals surface area contributed by atoms with E-state index < -0.39 is 0 Å². The van der Waals surface area contributed by atoms with Gasteiger partial charge in [0.2, 0.25) is 0 Å². The number of halogens is 1. The Kier molecular flexibility index (Phi) is 75.0. The van der Waals surface area contributed by atoms with Gasteiger partial charge in [-0.2, -0.15) is 0 Å². The van der Waals surface area contributed by atoms with Crippen LogP contribution in [0, 0.1) is 7.14 Å². The van der Waals surface area contributed by atoms with Crippen molar-refractivity contribution in [3.05, 3.63) is 261 Å². The molecule has 0 bridgehead atoms. The van der Waals surface area contributed by atoms with Crippen LogP contribution in [0.1, 0.15) is 156 Å². The SMILES string of the molecule is CC.CC.CC.CC.CC.CC.CC.CC.CC(=O)C(C)[S+](C)C.CCC.C[S+](c1ccccc1)c1ccccc1.C[S+](c1ccccc1)c1ccccc1.c1ccc(Cc2ccccc2)cc1.c1ccc([I+]c2ccccc2)cc1. The zero-order chi connectivity index (χ0) is 62.9. The van der Waals surface area contributed by atoms with Gasteiger partial charge in [-0.1, -0.05) is 301 Å². The monoisotopic (exact) mass is 1270 g/mol. The molecule has 0 saturated heterocycles. The molecule has 0 radical (unpaired) electrons. The van der Waals surface area contributed by atoms with Crippen molar-refractivity contribution in [2.45, 2.75) is 176 Å². The van der Waals surface area contributed by atoms with Crippen molar-refractivity contribution in [2.75, 3.05) is 25.0 Å². The fourth-order valence-electron chi connectivity index (χ4n) is 5.61. The van der Waals surface area contributed by atoms with Crippen LogP contribution < -0.4 is 21.2 Å². The van der Waals surface area contributed by atoms with Gasteiger partial charge in [0.15, 0.2) is 37.8 Å². The molecule has 0 heterocycles. The van der Waals surface area contributed by atoms with Crippen molar-refractivity contribution in [2.24, 2.45) is 0 Å². The fourth-order valence-corrected chi connectivity index (χ4v) is 11.3. The molecule has 8 rings (SSSR count). The van der Waals surface area contributed by atoms with E-state index in [1.54, 1.807) is 6.92 Å². The summed E-state index contributed by atoms with van der Waals surface area (Å²) in [7, 11) is 0.666. The van der Waals surface area contributed by atoms with E-state index in [0.717, 1.165) is 6.42 Å². The maximum atomic E-state index is 10.6. The third-order valence-corrected chi connectivity index (χ3v) is 17.8. The Morgan fingerprint density at radius 1 is 0.333 bits per heavy atom. The van der Waals surface area contributed by atoms with Crippen molar-refractivity contribution in [3.8, 4) is 0 Å². The van der Waals surface area contributed by atoms with E-state index in [1.165, 1.54) is 44.3 Å². The van der Waals surface area contributed by atoms with Gasteiger partial charge in [-0.05, 0) is 115 Å². The lowest BCUT2D eigenvalue weighted by molar-refractivity contribution is -0.597. The molecular weight excluding hydrogens is 1150 g/mol. The van der Waals surface area contributed by atoms with E-state index in [0.29, 0.717) is 5.78 Å². The number of carbonyl (C=O) groups is 1. The van der Waals surface area contributed by atoms with Gasteiger partial charge in [0.05, 0.1) is 34.3 Å². The molecule has 1 atom stereocenters. The normalized spacial score (nSPS) is 8.98. The number of hydrogen-bond donors (Lipinski definition) is 0. The van der Waals surface area contributed by atoms with Crippen LogP contribution in [-0.2, 0) is 43.9 Å². The first kappa shape index (κ1) is 87.5. The Hall–Kier alpha value is -4.79. The van der Waals surface area contributed by atoms with Crippen molar-refractivity contribution < 1.29 is 26.0 Å². The predicted molar refractivity (Wildman–Crippen MR) is 377 cm³/mol. The van der Waals surface area contributed by atoms with E-state index in [4.69, 9.17) is 0 Å². The summed E-state index contributed by atoms with van der Waals surface area (Å²) < 4.78 is 2.96. The molecule has 1 nitrogen and oxygen atoms in total. The molecule has 0 N–H and O–H groups in total. The first-order valence-electron chi connectivity index (χ1n) is 30.0. The molecule has 0 aliphatic rings. The molecule has 0 aromatic heterocycles. The Bertz CT molecular complexity index is 2020. The molecule has 0 spiro atoms. The Morgan fingerprint density at radius 3 is 0.667 bits per heavy atom. The molecule has 8 aromatic rings. The third-order valence-electron chi connectivity index (χ3n) is 9.44. The number of hydrogen-bond acceptors (Lipinski definition) is 1. The highest BCUT2D eigenvalue weighted by atomic mass is 127. The molecule has 0 aliphatic carbocycles. The minimum atomic E-state index is 0.0287. The van der Waals surface area contributed by atoms with Crippen molar-refractivity contribution in [1.29, 1.82) is 0 Å². The van der Waals surface area contributed by atoms with Gasteiger partial charge in [0, 0.05) is 0 Å². The van der Waals surface area contributed by atoms with E-state index >= 15 is 0 Å². The summed E-state index contributed by atoms with van der Waals surface area (Å²) in [6.07, 6.45) is 11.0. The standard InChI is InChI=1S/2C13H13S.C13H12.C12H10I.C6H13OS.C3H8.8C2H6/c2*1-14(12-8-4-2-5-9-12)13-10-6-3-7-11-13;1-3-7-12(8-4-1)11-13-9-5-2-6-10-13;1-3-7-11(8-4-1)13-12-9-5-2-6-10-12;1-5(7)6(2)8(3)4;1-3-2;8*1-2/h2*2-11H,1H3;1-10H,11H2;1-10H;6H,1-4H3;3H2,1-2H3;8*1-2H3/q2*+1;;2*+1;;;;;;;;;. The number of rotatable bonds is 10. The van der Waals surface area contributed by atoms with Crippen LogP contribution in [-0.4, -0.2) is 36.1 Å². The van der Waals surface area contributed by atoms with E-state index in [9.17, 15) is 4.79 Å². The highest BCUT2D eigenvalue weighted by Crippen LogP contribution is 2.21. The van der Waals surface area contributed by atoms with E-state index in [1.807, 2.05) is 118 Å². The minimum absolute atomic E-state index is 0.0287. The zero-order valence-electron chi connectivity index (χ0n) is 55.6. The van der Waals surface area contributed by atoms with Gasteiger partial charge < -0.3 is 0 Å². The van der Waals surface area contributed by atoms with Gasteiger partial charge >= 0.3 is 21.2 Å². The van der Waals surface area contributed by atoms with Crippen LogP contribution in [0.3, 0.4) is 0 Å². The van der Waals surface area contributed by atoms with Crippen molar-refractivity contribution >= 4 is 38.5 Å². The Labute approximate surface area is 522 Å². The summed E-state index contributed by atoms with van der Waals surface area (Å²) in [6, 6.07) is 85.0. The maximum absolute atomic E-state index is 10.6. The van der Waals surface area contributed by atoms with Gasteiger partial charge in [-0.25, -0.2) is 0 Å². The van der Waals surface area contributed by atoms with Crippen LogP contribution >= 0.6 is 0 Å². The summed E-state index contributed by atoms with van der Waals surface area (Å²) in [6.45, 7) is 39.9. The summed E-state index contributed by atoms with van der Waals surface area (Å²) in [5.74, 6) is 0.304. The third kappa shape index (κ3) is 48.5. The van der Waals surface area contributed by atoms with Crippen molar-refractivity contribution in [3.63, 3.8) is 0 Å². The average Bonchev–Trinajstić information content (AvgIpc) is 3.57. The second kappa shape index (κ2) is 69.5. The lowest BCUT2D eigenvalue weighted by atomic mass is 10.1. The van der Waals surface area contributed by atoms with Gasteiger partial charge in [-0.3, -0.25) is 4.79 Å². The molecular formula is C76H117IOS3+4. The molecule has 8 aromatic carbocycles. The zero-order valence-corrected chi connectivity index (χ0v) is 60.2. The van der Waals surface area contributed by atoms with Gasteiger partial charge in [0.1, 0.15) is 12.5 Å². The average molecular weight is 1270 g/mol. The summed E-state index contributed by atoms with van der Waals surface area (Å²) >= 11 is 0.0287. The number of Topliss-reactive ketones (excluding diaryl/α,β-unsaturated/α-hetero) is 1. The van der Waals surface area contributed by atoms with Gasteiger partial charge in [-0.15, -0.1) is 0 Å². The molecule has 5 heteroatoms. The minimum Gasteiger partial charge on any atom is -0.294 e. The first-order valence-corrected chi connectivity index (χ1v) is 37.6. The lowest BCUT2D eigenvalue weighted by Gasteiger charge is -2.00. The van der Waals surface area contributed by atoms with Crippen LogP contribution in [0.4, 0.5) is 0 Å². The topological polar surface area (TPSA) is 17.1 Å². The van der Waals surface area contributed by atoms with E-state index in [-0.39, 0.29) is 59.1 Å². The summed E-state index contributed by atoms with van der Waals surface area (Å²) in [5.41, 5.74) is 2.74.